The van der Waals surface area contributed by atoms with Crippen LogP contribution >= 0.6 is 0 Å². The summed E-state index contributed by atoms with van der Waals surface area (Å²) in [6, 6.07) is 16.7. The number of aromatic nitrogens is 4. The van der Waals surface area contributed by atoms with E-state index in [1.807, 2.05) is 18.3 Å². The largest absolute Gasteiger partial charge is 0.508 e. The minimum atomic E-state index is -0.154. The molecule has 0 radical (unpaired) electrons. The maximum Gasteiger partial charge on any atom is 0.251 e. The van der Waals surface area contributed by atoms with Crippen LogP contribution in [0.1, 0.15) is 55.2 Å². The summed E-state index contributed by atoms with van der Waals surface area (Å²) in [6.07, 6.45) is 7.65. The van der Waals surface area contributed by atoms with Crippen molar-refractivity contribution < 1.29 is 9.90 Å². The van der Waals surface area contributed by atoms with Gasteiger partial charge >= 0.3 is 0 Å². The van der Waals surface area contributed by atoms with Gasteiger partial charge in [-0.1, -0.05) is 31.7 Å². The summed E-state index contributed by atoms with van der Waals surface area (Å²) in [5.74, 6) is 2.13. The second-order valence-corrected chi connectivity index (χ2v) is 9.60. The van der Waals surface area contributed by atoms with E-state index in [0.29, 0.717) is 29.8 Å². The number of H-pyrrole nitrogens is 1. The van der Waals surface area contributed by atoms with Crippen molar-refractivity contribution in [1.82, 2.24) is 24.7 Å². The van der Waals surface area contributed by atoms with Crippen molar-refractivity contribution in [1.29, 1.82) is 0 Å². The number of amides is 1. The highest BCUT2D eigenvalue weighted by atomic mass is 16.3. The zero-order valence-electron chi connectivity index (χ0n) is 19.8. The average molecular weight is 497 g/mol. The van der Waals surface area contributed by atoms with Gasteiger partial charge in [-0.15, -0.1) is 0 Å². The highest BCUT2D eigenvalue weighted by Gasteiger charge is 2.28. The summed E-state index contributed by atoms with van der Waals surface area (Å²) >= 11 is 0. The smallest absolute Gasteiger partial charge is 0.251 e. The number of hydrogen-bond acceptors (Lipinski definition) is 5. The molecule has 3 aromatic heterocycles. The zero-order valence-corrected chi connectivity index (χ0v) is 19.8. The van der Waals surface area contributed by atoms with Gasteiger partial charge in [-0.3, -0.25) is 9.20 Å². The second-order valence-electron chi connectivity index (χ2n) is 9.60. The third kappa shape index (κ3) is 4.62. The molecule has 8 nitrogen and oxygen atoms in total. The summed E-state index contributed by atoms with van der Waals surface area (Å²) in [7, 11) is 0. The fourth-order valence-corrected chi connectivity index (χ4v) is 5.37. The quantitative estimate of drug-likeness (QED) is 0.256. The first-order valence-electron chi connectivity index (χ1n) is 12.3. The number of aromatic hydroxyl groups is 1. The predicted molar refractivity (Wildman–Crippen MR) is 147 cm³/mol. The SMILES string of the molecule is C.Nc1nccn2c(C3CCC(CNC(=O)c4cccc(O)c4)CC3)nc(-c3cc4ccccc4[nH]3)c12. The van der Waals surface area contributed by atoms with Gasteiger partial charge in [-0.2, -0.15) is 0 Å². The van der Waals surface area contributed by atoms with Crippen LogP contribution in [0.15, 0.2) is 67.0 Å². The number of phenols is 1. The minimum Gasteiger partial charge on any atom is -0.508 e. The van der Waals surface area contributed by atoms with Crippen LogP contribution in [0.25, 0.3) is 27.8 Å². The number of anilines is 1. The number of aromatic amines is 1. The zero-order chi connectivity index (χ0) is 24.6. The number of rotatable bonds is 5. The standard InChI is InChI=1S/C28H28N6O2.CH4/c29-26-25-24(23-15-19-4-1-2-7-22(19)32-23)33-27(34(25)13-12-30-26)18-10-8-17(9-11-18)16-31-28(36)20-5-3-6-21(35)14-20;/h1-7,12-15,17-18,32,35H,8-11,16H2,(H2,29,30)(H,31,36);1H4. The number of para-hydroxylation sites is 1. The summed E-state index contributed by atoms with van der Waals surface area (Å²) in [5, 5.41) is 13.8. The lowest BCUT2D eigenvalue weighted by atomic mass is 9.81. The maximum atomic E-state index is 12.4. The number of nitrogens with zero attached hydrogens (tertiary/aromatic N) is 3. The average Bonchev–Trinajstić information content (AvgIpc) is 3.50. The van der Waals surface area contributed by atoms with E-state index in [2.05, 4.69) is 37.9 Å². The number of nitrogens with one attached hydrogen (secondary N) is 2. The Morgan fingerprint density at radius 2 is 1.92 bits per heavy atom. The Balaban J connectivity index is 0.00000280. The Morgan fingerprint density at radius 1 is 1.11 bits per heavy atom. The van der Waals surface area contributed by atoms with E-state index in [1.165, 1.54) is 6.07 Å². The fourth-order valence-electron chi connectivity index (χ4n) is 5.37. The Hall–Kier alpha value is -4.33. The van der Waals surface area contributed by atoms with Crippen LogP contribution in [-0.2, 0) is 0 Å². The molecule has 0 spiro atoms. The van der Waals surface area contributed by atoms with Crippen LogP contribution in [-0.4, -0.2) is 36.9 Å². The van der Waals surface area contributed by atoms with Gasteiger partial charge < -0.3 is 21.1 Å². The van der Waals surface area contributed by atoms with Crippen molar-refractivity contribution in [3.05, 3.63) is 78.4 Å². The van der Waals surface area contributed by atoms with Gasteiger partial charge in [0.2, 0.25) is 0 Å². The van der Waals surface area contributed by atoms with E-state index in [0.717, 1.165) is 59.3 Å². The van der Waals surface area contributed by atoms with Crippen molar-refractivity contribution >= 4 is 28.1 Å². The third-order valence-electron chi connectivity index (χ3n) is 7.27. The lowest BCUT2D eigenvalue weighted by Crippen LogP contribution is -2.31. The first-order valence-corrected chi connectivity index (χ1v) is 12.3. The molecule has 1 saturated carbocycles. The van der Waals surface area contributed by atoms with Gasteiger partial charge in [0.15, 0.2) is 0 Å². The van der Waals surface area contributed by atoms with Gasteiger partial charge in [-0.25, -0.2) is 9.97 Å². The summed E-state index contributed by atoms with van der Waals surface area (Å²) in [5.41, 5.74) is 10.5. The molecule has 5 aromatic rings. The lowest BCUT2D eigenvalue weighted by molar-refractivity contribution is 0.0942. The lowest BCUT2D eigenvalue weighted by Gasteiger charge is -2.28. The summed E-state index contributed by atoms with van der Waals surface area (Å²) < 4.78 is 2.10. The summed E-state index contributed by atoms with van der Waals surface area (Å²) in [6.45, 7) is 0.626. The first-order chi connectivity index (χ1) is 17.6. The van der Waals surface area contributed by atoms with Gasteiger partial charge in [0, 0.05) is 41.3 Å². The number of benzene rings is 2. The number of imidazole rings is 1. The van der Waals surface area contributed by atoms with E-state index in [1.54, 1.807) is 24.4 Å². The van der Waals surface area contributed by atoms with Gasteiger partial charge in [0.05, 0.1) is 5.69 Å². The molecule has 0 bridgehead atoms. The van der Waals surface area contributed by atoms with Crippen LogP contribution < -0.4 is 11.1 Å². The van der Waals surface area contributed by atoms with E-state index < -0.39 is 0 Å². The molecule has 8 heteroatoms. The topological polar surface area (TPSA) is 121 Å². The molecular formula is C29H32N6O2. The highest BCUT2D eigenvalue weighted by molar-refractivity contribution is 5.94. The fraction of sp³-hybridized carbons (Fsp3) is 0.276. The normalized spacial score (nSPS) is 17.5. The van der Waals surface area contributed by atoms with Crippen LogP contribution in [0.3, 0.4) is 0 Å². The van der Waals surface area contributed by atoms with E-state index in [9.17, 15) is 9.90 Å². The Labute approximate surface area is 215 Å². The first kappa shape index (κ1) is 24.4. The Bertz CT molecular complexity index is 1530. The number of carbonyl (C=O) groups is 1. The number of phenolic OH excluding ortho intramolecular Hbond substituents is 1. The molecule has 1 aliphatic carbocycles. The Kier molecular flexibility index (Phi) is 6.56. The minimum absolute atomic E-state index is 0. The maximum absolute atomic E-state index is 12.4. The number of nitrogens with two attached hydrogens (primary N) is 1. The molecule has 37 heavy (non-hydrogen) atoms. The van der Waals surface area contributed by atoms with E-state index in [-0.39, 0.29) is 19.1 Å². The number of hydrogen-bond donors (Lipinski definition) is 4. The van der Waals surface area contributed by atoms with Crippen molar-refractivity contribution in [3.8, 4) is 17.1 Å². The molecule has 190 valence electrons. The van der Waals surface area contributed by atoms with Crippen molar-refractivity contribution in [2.24, 2.45) is 5.92 Å². The van der Waals surface area contributed by atoms with Crippen LogP contribution in [0, 0.1) is 5.92 Å². The predicted octanol–water partition coefficient (Wildman–Crippen LogP) is 5.51. The molecule has 2 aromatic carbocycles. The molecular weight excluding hydrogens is 464 g/mol. The van der Waals surface area contributed by atoms with Crippen LogP contribution in [0.2, 0.25) is 0 Å². The molecule has 0 aliphatic heterocycles. The second kappa shape index (κ2) is 9.97. The molecule has 1 fully saturated rings. The monoisotopic (exact) mass is 496 g/mol. The summed E-state index contributed by atoms with van der Waals surface area (Å²) in [4.78, 5) is 25.4. The molecule has 0 unspecified atom stereocenters. The number of nitrogen functional groups attached to an aromatic ring is 1. The van der Waals surface area contributed by atoms with Crippen molar-refractivity contribution in [2.75, 3.05) is 12.3 Å². The van der Waals surface area contributed by atoms with Crippen molar-refractivity contribution in [2.45, 2.75) is 39.0 Å². The van der Waals surface area contributed by atoms with E-state index in [4.69, 9.17) is 10.7 Å². The third-order valence-corrected chi connectivity index (χ3v) is 7.27. The molecule has 5 N–H and O–H groups in total. The van der Waals surface area contributed by atoms with E-state index >= 15 is 0 Å². The molecule has 6 rings (SSSR count). The molecule has 0 saturated heterocycles. The molecule has 1 amide bonds. The van der Waals surface area contributed by atoms with Crippen molar-refractivity contribution in [3.63, 3.8) is 0 Å². The Morgan fingerprint density at radius 3 is 2.70 bits per heavy atom. The van der Waals surface area contributed by atoms with Crippen LogP contribution in [0.4, 0.5) is 5.82 Å². The van der Waals surface area contributed by atoms with Gasteiger partial charge in [-0.05, 0) is 61.9 Å². The number of fused-ring (bicyclic) bond motifs is 2. The molecule has 0 atom stereocenters. The highest BCUT2D eigenvalue weighted by Crippen LogP contribution is 2.38. The van der Waals surface area contributed by atoms with Gasteiger partial charge in [0.25, 0.3) is 5.91 Å². The number of carbonyl (C=O) groups excluding carboxylic acids is 1. The van der Waals surface area contributed by atoms with Gasteiger partial charge in [0.1, 0.15) is 28.6 Å². The molecule has 1 aliphatic rings. The molecule has 3 heterocycles. The van der Waals surface area contributed by atoms with Crippen LogP contribution in [0.5, 0.6) is 5.75 Å².